The maximum atomic E-state index is 10.8. The Balaban J connectivity index is 2.22. The molecule has 2 rings (SSSR count). The second kappa shape index (κ2) is 14.1. The van der Waals surface area contributed by atoms with E-state index in [0.717, 1.165) is 44.1 Å². The minimum Gasteiger partial charge on any atom is -0.491 e. The summed E-state index contributed by atoms with van der Waals surface area (Å²) in [5.41, 5.74) is 5.90. The smallest absolute Gasteiger partial charge is 0.303 e. The number of aryl methyl sites for hydroxylation is 3. The van der Waals surface area contributed by atoms with Gasteiger partial charge in [-0.3, -0.25) is 4.79 Å². The summed E-state index contributed by atoms with van der Waals surface area (Å²) >= 11 is 0. The molecule has 212 valence electrons. The lowest BCUT2D eigenvalue weighted by atomic mass is 9.69. The zero-order valence-electron chi connectivity index (χ0n) is 24.6. The minimum atomic E-state index is -0.920. The number of carboxylic acids is 1. The third-order valence-electron chi connectivity index (χ3n) is 8.44. The van der Waals surface area contributed by atoms with Gasteiger partial charge in [0, 0.05) is 11.8 Å². The van der Waals surface area contributed by atoms with Crippen molar-refractivity contribution in [3.63, 3.8) is 0 Å². The number of carboxylic acid groups (broad SMARTS) is 1. The fourth-order valence-electron chi connectivity index (χ4n) is 5.67. The number of hydrogen-bond donors (Lipinski definition) is 3. The number of benzene rings is 2. The number of aliphatic hydroxyl groups is 2. The fourth-order valence-corrected chi connectivity index (χ4v) is 5.67. The van der Waals surface area contributed by atoms with E-state index in [9.17, 15) is 15.0 Å². The second-order valence-electron chi connectivity index (χ2n) is 11.6. The number of carbonyl (C=O) groups is 1. The van der Waals surface area contributed by atoms with Crippen LogP contribution in [-0.2, 0) is 16.6 Å². The molecule has 0 aliphatic rings. The first-order valence-electron chi connectivity index (χ1n) is 14.3. The molecule has 0 aliphatic carbocycles. The average molecular weight is 527 g/mol. The van der Waals surface area contributed by atoms with Gasteiger partial charge < -0.3 is 20.1 Å². The van der Waals surface area contributed by atoms with Gasteiger partial charge in [-0.2, -0.15) is 0 Å². The highest BCUT2D eigenvalue weighted by atomic mass is 16.5. The molecule has 2 aromatic carbocycles. The molecular formula is C33H50O5. The summed E-state index contributed by atoms with van der Waals surface area (Å²) in [6.45, 7) is 15.2. The molecule has 2 aromatic rings. The van der Waals surface area contributed by atoms with Gasteiger partial charge in [-0.15, -0.1) is 0 Å². The van der Waals surface area contributed by atoms with Gasteiger partial charge >= 0.3 is 5.97 Å². The van der Waals surface area contributed by atoms with Crippen LogP contribution in [-0.4, -0.2) is 40.1 Å². The van der Waals surface area contributed by atoms with Gasteiger partial charge in [0.05, 0.1) is 12.2 Å². The molecule has 1 unspecified atom stereocenters. The van der Waals surface area contributed by atoms with Crippen molar-refractivity contribution in [2.75, 3.05) is 6.61 Å². The lowest BCUT2D eigenvalue weighted by molar-refractivity contribution is -0.137. The van der Waals surface area contributed by atoms with Gasteiger partial charge in [-0.05, 0) is 91.7 Å². The number of rotatable bonds is 16. The first kappa shape index (κ1) is 31.8. The van der Waals surface area contributed by atoms with E-state index in [1.807, 2.05) is 13.0 Å². The van der Waals surface area contributed by atoms with Crippen LogP contribution in [0.15, 0.2) is 36.4 Å². The first-order chi connectivity index (χ1) is 17.9. The molecule has 0 spiro atoms. The van der Waals surface area contributed by atoms with Gasteiger partial charge in [0.2, 0.25) is 0 Å². The Morgan fingerprint density at radius 2 is 1.53 bits per heavy atom. The fraction of sp³-hybridized carbons (Fsp3) is 0.606. The van der Waals surface area contributed by atoms with E-state index in [4.69, 9.17) is 9.84 Å². The highest BCUT2D eigenvalue weighted by molar-refractivity contribution is 5.66. The van der Waals surface area contributed by atoms with Crippen molar-refractivity contribution in [3.8, 4) is 5.75 Å². The van der Waals surface area contributed by atoms with Gasteiger partial charge in [-0.1, -0.05) is 71.4 Å². The molecule has 5 heteroatoms. The van der Waals surface area contributed by atoms with E-state index in [1.54, 1.807) is 0 Å². The highest BCUT2D eigenvalue weighted by Gasteiger charge is 2.32. The number of ether oxygens (including phenoxy) is 1. The quantitative estimate of drug-likeness (QED) is 0.216. The molecular weight excluding hydrogens is 476 g/mol. The summed E-state index contributed by atoms with van der Waals surface area (Å²) < 4.78 is 5.83. The molecule has 0 bridgehead atoms. The Labute approximate surface area is 230 Å². The molecule has 3 N–H and O–H groups in total. The number of aliphatic carboxylic acids is 1. The normalized spacial score (nSPS) is 13.8. The molecule has 0 saturated carbocycles. The average Bonchev–Trinajstić information content (AvgIpc) is 2.87. The summed E-state index contributed by atoms with van der Waals surface area (Å²) in [5, 5.41) is 29.6. The van der Waals surface area contributed by atoms with E-state index >= 15 is 0 Å². The van der Waals surface area contributed by atoms with Gasteiger partial charge in [-0.25, -0.2) is 0 Å². The standard InChI is InChI=1S/C33H50O5/c1-8-19-32(6,7)30(35)17-12-25-11-13-26(20-23(25)4)33(9-2,10-3)27-14-16-29(24(5)21-27)38-22-28(34)15-18-31(36)37/h11,13-14,16,20-21,28,30,34-35H,8-10,12,15,17-19,22H2,1-7H3,(H,36,37)/t28-,30?/m0/s1. The third-order valence-corrected chi connectivity index (χ3v) is 8.44. The summed E-state index contributed by atoms with van der Waals surface area (Å²) in [4.78, 5) is 10.7. The van der Waals surface area contributed by atoms with Crippen molar-refractivity contribution in [3.05, 3.63) is 64.2 Å². The molecule has 5 nitrogen and oxygen atoms in total. The molecule has 0 fully saturated rings. The Hall–Kier alpha value is -2.37. The third kappa shape index (κ3) is 8.07. The summed E-state index contributed by atoms with van der Waals surface area (Å²) in [7, 11) is 0. The van der Waals surface area contributed by atoms with E-state index in [0.29, 0.717) is 5.75 Å². The summed E-state index contributed by atoms with van der Waals surface area (Å²) in [6.07, 6.45) is 4.63. The molecule has 0 radical (unpaired) electrons. The van der Waals surface area contributed by atoms with Crippen molar-refractivity contribution < 1.29 is 24.9 Å². The van der Waals surface area contributed by atoms with Crippen LogP contribution < -0.4 is 4.74 Å². The predicted octanol–water partition coefficient (Wildman–Crippen LogP) is 7.13. The van der Waals surface area contributed by atoms with Gasteiger partial charge in [0.1, 0.15) is 12.4 Å². The Bertz CT molecular complexity index is 1040. The van der Waals surface area contributed by atoms with E-state index in [-0.39, 0.29) is 36.4 Å². The topological polar surface area (TPSA) is 87.0 Å². The van der Waals surface area contributed by atoms with Crippen LogP contribution in [0.1, 0.15) is 107 Å². The van der Waals surface area contributed by atoms with Crippen molar-refractivity contribution in [2.24, 2.45) is 5.41 Å². The van der Waals surface area contributed by atoms with Crippen molar-refractivity contribution in [1.29, 1.82) is 0 Å². The Morgan fingerprint density at radius 1 is 0.921 bits per heavy atom. The lowest BCUT2D eigenvalue weighted by Crippen LogP contribution is -2.29. The summed E-state index contributed by atoms with van der Waals surface area (Å²) in [6, 6.07) is 13.1. The minimum absolute atomic E-state index is 0.0630. The lowest BCUT2D eigenvalue weighted by Gasteiger charge is -2.34. The van der Waals surface area contributed by atoms with Crippen LogP contribution in [0.3, 0.4) is 0 Å². The maximum Gasteiger partial charge on any atom is 0.303 e. The maximum absolute atomic E-state index is 10.8. The predicted molar refractivity (Wildman–Crippen MR) is 155 cm³/mol. The van der Waals surface area contributed by atoms with E-state index in [1.165, 1.54) is 22.3 Å². The van der Waals surface area contributed by atoms with Crippen LogP contribution in [0.4, 0.5) is 0 Å². The van der Waals surface area contributed by atoms with Crippen LogP contribution >= 0.6 is 0 Å². The molecule has 38 heavy (non-hydrogen) atoms. The van der Waals surface area contributed by atoms with Crippen LogP contribution in [0.25, 0.3) is 0 Å². The van der Waals surface area contributed by atoms with Crippen LogP contribution in [0, 0.1) is 19.3 Å². The van der Waals surface area contributed by atoms with Crippen molar-refractivity contribution in [1.82, 2.24) is 0 Å². The summed E-state index contributed by atoms with van der Waals surface area (Å²) in [5.74, 6) is -0.211. The van der Waals surface area contributed by atoms with Crippen LogP contribution in [0.5, 0.6) is 5.75 Å². The molecule has 0 amide bonds. The molecule has 2 atom stereocenters. The Morgan fingerprint density at radius 3 is 2.05 bits per heavy atom. The zero-order valence-corrected chi connectivity index (χ0v) is 24.6. The monoisotopic (exact) mass is 526 g/mol. The SMILES string of the molecule is CCCC(C)(C)C(O)CCc1ccc(C(CC)(CC)c2ccc(OC[C@@H](O)CCC(=O)O)c(C)c2)cc1C. The zero-order chi connectivity index (χ0) is 28.5. The second-order valence-corrected chi connectivity index (χ2v) is 11.6. The molecule has 0 aliphatic heterocycles. The van der Waals surface area contributed by atoms with Gasteiger partial charge in [0.15, 0.2) is 0 Å². The number of hydrogen-bond acceptors (Lipinski definition) is 4. The van der Waals surface area contributed by atoms with Crippen molar-refractivity contribution >= 4 is 5.97 Å². The largest absolute Gasteiger partial charge is 0.491 e. The first-order valence-corrected chi connectivity index (χ1v) is 14.3. The molecule has 0 aromatic heterocycles. The van der Waals surface area contributed by atoms with E-state index < -0.39 is 12.1 Å². The number of aliphatic hydroxyl groups excluding tert-OH is 2. The van der Waals surface area contributed by atoms with Gasteiger partial charge in [0.25, 0.3) is 0 Å². The Kier molecular flexibility index (Phi) is 11.8. The van der Waals surface area contributed by atoms with Crippen molar-refractivity contribution in [2.45, 2.75) is 117 Å². The molecule has 0 heterocycles. The highest BCUT2D eigenvalue weighted by Crippen LogP contribution is 2.41. The molecule has 0 saturated heterocycles. The van der Waals surface area contributed by atoms with Crippen LogP contribution in [0.2, 0.25) is 0 Å². The van der Waals surface area contributed by atoms with E-state index in [2.05, 4.69) is 71.9 Å².